The molecule has 2 aliphatic rings. The Kier molecular flexibility index (Phi) is 4.20. The van der Waals surface area contributed by atoms with E-state index in [1.54, 1.807) is 6.07 Å². The van der Waals surface area contributed by atoms with E-state index in [0.717, 1.165) is 36.9 Å². The summed E-state index contributed by atoms with van der Waals surface area (Å²) in [4.78, 5) is 6.69. The molecule has 20 heavy (non-hydrogen) atoms. The van der Waals surface area contributed by atoms with E-state index in [2.05, 4.69) is 22.1 Å². The van der Waals surface area contributed by atoms with Crippen LogP contribution in [0.4, 0.5) is 10.2 Å². The van der Waals surface area contributed by atoms with Crippen LogP contribution in [0, 0.1) is 11.7 Å². The van der Waals surface area contributed by atoms with Gasteiger partial charge in [0.15, 0.2) is 0 Å². The quantitative estimate of drug-likeness (QED) is 0.896. The Balaban J connectivity index is 1.70. The maximum atomic E-state index is 13.5. The van der Waals surface area contributed by atoms with Crippen LogP contribution in [0.15, 0.2) is 12.3 Å². The molecule has 1 aromatic rings. The van der Waals surface area contributed by atoms with Crippen LogP contribution in [0.2, 0.25) is 0 Å². The van der Waals surface area contributed by atoms with Crippen LogP contribution >= 0.6 is 0 Å². The van der Waals surface area contributed by atoms with Crippen LogP contribution in [0.5, 0.6) is 0 Å². The fourth-order valence-corrected chi connectivity index (χ4v) is 2.98. The second-order valence-electron chi connectivity index (χ2n) is 6.13. The van der Waals surface area contributed by atoms with E-state index in [1.165, 1.54) is 38.3 Å². The van der Waals surface area contributed by atoms with Gasteiger partial charge in [-0.25, -0.2) is 9.37 Å². The van der Waals surface area contributed by atoms with Crippen LogP contribution < -0.4 is 10.2 Å². The van der Waals surface area contributed by atoms with Crippen LogP contribution in [-0.4, -0.2) is 24.1 Å². The molecule has 1 aromatic heterocycles. The monoisotopic (exact) mass is 277 g/mol. The number of piperidine rings is 1. The average molecular weight is 277 g/mol. The summed E-state index contributed by atoms with van der Waals surface area (Å²) in [6.07, 6.45) is 7.57. The van der Waals surface area contributed by atoms with Gasteiger partial charge in [0.2, 0.25) is 0 Å². The van der Waals surface area contributed by atoms with Crippen LogP contribution in [0.1, 0.15) is 44.6 Å². The number of hydrogen-bond acceptors (Lipinski definition) is 3. The Hall–Kier alpha value is -1.16. The molecule has 0 bridgehead atoms. The zero-order chi connectivity index (χ0) is 13.9. The molecule has 0 atom stereocenters. The highest BCUT2D eigenvalue weighted by atomic mass is 19.1. The molecule has 0 amide bonds. The van der Waals surface area contributed by atoms with E-state index < -0.39 is 0 Å². The summed E-state index contributed by atoms with van der Waals surface area (Å²) in [5.41, 5.74) is 1.01. The molecule has 2 fully saturated rings. The summed E-state index contributed by atoms with van der Waals surface area (Å²) in [5, 5.41) is 3.47. The van der Waals surface area contributed by atoms with Crippen molar-refractivity contribution >= 4 is 5.82 Å². The number of nitrogens with zero attached hydrogens (tertiary/aromatic N) is 2. The standard InChI is InChI=1S/C16H24FN3/c1-2-12-5-7-20(8-6-12)16-13(9-14(17)11-19-16)10-18-15-3-4-15/h9,11-12,15,18H,2-8,10H2,1H3. The minimum Gasteiger partial charge on any atom is -0.356 e. The van der Waals surface area contributed by atoms with E-state index >= 15 is 0 Å². The van der Waals surface area contributed by atoms with Crippen molar-refractivity contribution in [2.24, 2.45) is 5.92 Å². The van der Waals surface area contributed by atoms with Crippen molar-refractivity contribution < 1.29 is 4.39 Å². The lowest BCUT2D eigenvalue weighted by Crippen LogP contribution is -2.35. The molecule has 1 aliphatic carbocycles. The number of pyridine rings is 1. The van der Waals surface area contributed by atoms with Crippen LogP contribution in [0.25, 0.3) is 0 Å². The van der Waals surface area contributed by atoms with Gasteiger partial charge in [0.1, 0.15) is 11.6 Å². The van der Waals surface area contributed by atoms with E-state index in [0.29, 0.717) is 6.04 Å². The summed E-state index contributed by atoms with van der Waals surface area (Å²) in [5.74, 6) is 1.60. The van der Waals surface area contributed by atoms with Crippen molar-refractivity contribution in [1.82, 2.24) is 10.3 Å². The first kappa shape index (κ1) is 13.8. The van der Waals surface area contributed by atoms with Gasteiger partial charge in [0.25, 0.3) is 0 Å². The highest BCUT2D eigenvalue weighted by Gasteiger charge is 2.23. The molecule has 1 aliphatic heterocycles. The smallest absolute Gasteiger partial charge is 0.141 e. The summed E-state index contributed by atoms with van der Waals surface area (Å²) < 4.78 is 13.5. The van der Waals surface area contributed by atoms with E-state index in [9.17, 15) is 4.39 Å². The topological polar surface area (TPSA) is 28.2 Å². The number of aromatic nitrogens is 1. The van der Waals surface area contributed by atoms with Gasteiger partial charge in [-0.2, -0.15) is 0 Å². The fraction of sp³-hybridized carbons (Fsp3) is 0.688. The predicted molar refractivity (Wildman–Crippen MR) is 79.3 cm³/mol. The van der Waals surface area contributed by atoms with Gasteiger partial charge in [-0.05, 0) is 37.7 Å². The number of rotatable bonds is 5. The molecule has 0 unspecified atom stereocenters. The molecule has 4 heteroatoms. The molecule has 2 heterocycles. The van der Waals surface area contributed by atoms with Gasteiger partial charge in [-0.3, -0.25) is 0 Å². The van der Waals surface area contributed by atoms with Gasteiger partial charge in [-0.1, -0.05) is 13.3 Å². The van der Waals surface area contributed by atoms with E-state index in [1.807, 2.05) is 0 Å². The number of nitrogens with one attached hydrogen (secondary N) is 1. The zero-order valence-corrected chi connectivity index (χ0v) is 12.2. The van der Waals surface area contributed by atoms with Gasteiger partial charge in [0, 0.05) is 31.2 Å². The maximum Gasteiger partial charge on any atom is 0.141 e. The molecule has 1 saturated heterocycles. The lowest BCUT2D eigenvalue weighted by atomic mass is 9.94. The number of halogens is 1. The Morgan fingerprint density at radius 1 is 1.30 bits per heavy atom. The number of hydrogen-bond donors (Lipinski definition) is 1. The van der Waals surface area contributed by atoms with Gasteiger partial charge in [-0.15, -0.1) is 0 Å². The second-order valence-corrected chi connectivity index (χ2v) is 6.13. The lowest BCUT2D eigenvalue weighted by Gasteiger charge is -2.33. The van der Waals surface area contributed by atoms with Crippen molar-refractivity contribution in [2.75, 3.05) is 18.0 Å². The SMILES string of the molecule is CCC1CCN(c2ncc(F)cc2CNC2CC2)CC1. The third kappa shape index (κ3) is 3.29. The second kappa shape index (κ2) is 6.08. The first-order valence-corrected chi connectivity index (χ1v) is 7.89. The van der Waals surface area contributed by atoms with Crippen molar-refractivity contribution in [3.63, 3.8) is 0 Å². The molecule has 1 saturated carbocycles. The van der Waals surface area contributed by atoms with Gasteiger partial charge in [0.05, 0.1) is 6.20 Å². The van der Waals surface area contributed by atoms with Crippen molar-refractivity contribution in [1.29, 1.82) is 0 Å². The Morgan fingerprint density at radius 2 is 2.05 bits per heavy atom. The highest BCUT2D eigenvalue weighted by molar-refractivity contribution is 5.47. The third-order valence-electron chi connectivity index (χ3n) is 4.56. The molecule has 0 spiro atoms. The largest absolute Gasteiger partial charge is 0.356 e. The van der Waals surface area contributed by atoms with E-state index in [4.69, 9.17) is 0 Å². The van der Waals surface area contributed by atoms with Gasteiger partial charge < -0.3 is 10.2 Å². The minimum atomic E-state index is -0.232. The first-order chi connectivity index (χ1) is 9.76. The summed E-state index contributed by atoms with van der Waals surface area (Å²) >= 11 is 0. The first-order valence-electron chi connectivity index (χ1n) is 7.89. The Labute approximate surface area is 120 Å². The van der Waals surface area contributed by atoms with Crippen molar-refractivity contribution in [3.05, 3.63) is 23.6 Å². The maximum absolute atomic E-state index is 13.5. The number of anilines is 1. The molecule has 110 valence electrons. The Bertz CT molecular complexity index is 451. The minimum absolute atomic E-state index is 0.232. The van der Waals surface area contributed by atoms with Crippen LogP contribution in [-0.2, 0) is 6.54 Å². The Morgan fingerprint density at radius 3 is 2.70 bits per heavy atom. The molecular weight excluding hydrogens is 253 g/mol. The fourth-order valence-electron chi connectivity index (χ4n) is 2.98. The molecule has 3 nitrogen and oxygen atoms in total. The van der Waals surface area contributed by atoms with Crippen molar-refractivity contribution in [2.45, 2.75) is 51.6 Å². The van der Waals surface area contributed by atoms with Crippen molar-refractivity contribution in [3.8, 4) is 0 Å². The third-order valence-corrected chi connectivity index (χ3v) is 4.56. The molecule has 1 N–H and O–H groups in total. The lowest BCUT2D eigenvalue weighted by molar-refractivity contribution is 0.393. The molecule has 0 aromatic carbocycles. The van der Waals surface area contributed by atoms with E-state index in [-0.39, 0.29) is 5.82 Å². The summed E-state index contributed by atoms with van der Waals surface area (Å²) in [6.45, 7) is 5.10. The summed E-state index contributed by atoms with van der Waals surface area (Å²) in [7, 11) is 0. The normalized spacial score (nSPS) is 20.4. The predicted octanol–water partition coefficient (Wildman–Crippen LogP) is 3.10. The average Bonchev–Trinajstić information content (AvgIpc) is 3.30. The van der Waals surface area contributed by atoms with Gasteiger partial charge >= 0.3 is 0 Å². The zero-order valence-electron chi connectivity index (χ0n) is 12.2. The summed E-state index contributed by atoms with van der Waals surface area (Å²) in [6, 6.07) is 2.28. The molecule has 0 radical (unpaired) electrons. The van der Waals surface area contributed by atoms with Crippen LogP contribution in [0.3, 0.4) is 0 Å². The molecule has 3 rings (SSSR count). The highest BCUT2D eigenvalue weighted by Crippen LogP contribution is 2.27. The molecular formula is C16H24FN3.